The van der Waals surface area contributed by atoms with Gasteiger partial charge in [-0.2, -0.15) is 0 Å². The molecule has 0 amide bonds. The Balaban J connectivity index is 2.15. The van der Waals surface area contributed by atoms with E-state index in [0.717, 1.165) is 25.1 Å². The van der Waals surface area contributed by atoms with Gasteiger partial charge in [0, 0.05) is 6.54 Å². The first-order valence-electron chi connectivity index (χ1n) is 6.41. The zero-order valence-corrected chi connectivity index (χ0v) is 10.7. The molecule has 100 valence electrons. The molecule has 0 aliphatic carbocycles. The standard InChI is InChI=1S/C14H20F2N2/c1-14(12-6-3-2-4-7-12)11-18(10-13(15)16)9-5-8-17-14/h2-4,6-7,13,17H,5,8-11H2,1H3. The molecule has 0 spiro atoms. The van der Waals surface area contributed by atoms with Crippen molar-refractivity contribution >= 4 is 0 Å². The Bertz CT molecular complexity index is 369. The first-order valence-corrected chi connectivity index (χ1v) is 6.41. The molecule has 1 aromatic rings. The van der Waals surface area contributed by atoms with Crippen LogP contribution in [0.3, 0.4) is 0 Å². The Morgan fingerprint density at radius 1 is 1.33 bits per heavy atom. The fraction of sp³-hybridized carbons (Fsp3) is 0.571. The van der Waals surface area contributed by atoms with E-state index in [4.69, 9.17) is 0 Å². The minimum absolute atomic E-state index is 0.135. The molecular weight excluding hydrogens is 234 g/mol. The molecule has 1 unspecified atom stereocenters. The molecular formula is C14H20F2N2. The molecule has 1 aliphatic heterocycles. The van der Waals surface area contributed by atoms with E-state index in [1.54, 1.807) is 0 Å². The van der Waals surface area contributed by atoms with Crippen molar-refractivity contribution in [1.82, 2.24) is 10.2 Å². The topological polar surface area (TPSA) is 15.3 Å². The Morgan fingerprint density at radius 3 is 2.72 bits per heavy atom. The normalized spacial score (nSPS) is 26.2. The van der Waals surface area contributed by atoms with E-state index in [9.17, 15) is 8.78 Å². The number of halogens is 2. The van der Waals surface area contributed by atoms with Gasteiger partial charge in [-0.15, -0.1) is 0 Å². The van der Waals surface area contributed by atoms with Crippen molar-refractivity contribution in [2.24, 2.45) is 0 Å². The second-order valence-electron chi connectivity index (χ2n) is 5.10. The summed E-state index contributed by atoms with van der Waals surface area (Å²) in [7, 11) is 0. The molecule has 0 saturated carbocycles. The van der Waals surface area contributed by atoms with Gasteiger partial charge in [-0.3, -0.25) is 4.90 Å². The quantitative estimate of drug-likeness (QED) is 0.891. The van der Waals surface area contributed by atoms with Crippen LogP contribution in [0.1, 0.15) is 18.9 Å². The fourth-order valence-corrected chi connectivity index (χ4v) is 2.60. The lowest BCUT2D eigenvalue weighted by Gasteiger charge is -2.34. The number of benzene rings is 1. The first kappa shape index (κ1) is 13.4. The van der Waals surface area contributed by atoms with Crippen molar-refractivity contribution in [3.05, 3.63) is 35.9 Å². The minimum Gasteiger partial charge on any atom is -0.307 e. The van der Waals surface area contributed by atoms with Crippen LogP contribution in [0.4, 0.5) is 8.78 Å². The van der Waals surface area contributed by atoms with Crippen LogP contribution in [0, 0.1) is 0 Å². The third kappa shape index (κ3) is 3.27. The molecule has 0 radical (unpaired) electrons. The molecule has 1 N–H and O–H groups in total. The lowest BCUT2D eigenvalue weighted by molar-refractivity contribution is 0.0796. The van der Waals surface area contributed by atoms with Crippen molar-refractivity contribution in [2.45, 2.75) is 25.3 Å². The van der Waals surface area contributed by atoms with E-state index < -0.39 is 6.43 Å². The highest BCUT2D eigenvalue weighted by molar-refractivity contribution is 5.24. The first-order chi connectivity index (χ1) is 8.60. The number of hydrogen-bond acceptors (Lipinski definition) is 2. The van der Waals surface area contributed by atoms with Gasteiger partial charge in [0.2, 0.25) is 0 Å². The van der Waals surface area contributed by atoms with Gasteiger partial charge in [0.15, 0.2) is 0 Å². The molecule has 1 saturated heterocycles. The van der Waals surface area contributed by atoms with Crippen LogP contribution >= 0.6 is 0 Å². The highest BCUT2D eigenvalue weighted by Gasteiger charge is 2.31. The van der Waals surface area contributed by atoms with Crippen LogP contribution in [-0.2, 0) is 5.54 Å². The van der Waals surface area contributed by atoms with Crippen LogP contribution in [0.25, 0.3) is 0 Å². The molecule has 1 heterocycles. The number of nitrogens with zero attached hydrogens (tertiary/aromatic N) is 1. The summed E-state index contributed by atoms with van der Waals surface area (Å²) in [4.78, 5) is 1.86. The van der Waals surface area contributed by atoms with E-state index in [-0.39, 0.29) is 12.1 Å². The fourth-order valence-electron chi connectivity index (χ4n) is 2.60. The average molecular weight is 254 g/mol. The Hall–Kier alpha value is -1.00. The second-order valence-corrected chi connectivity index (χ2v) is 5.10. The highest BCUT2D eigenvalue weighted by atomic mass is 19.3. The van der Waals surface area contributed by atoms with E-state index in [1.807, 2.05) is 23.1 Å². The molecule has 1 aromatic carbocycles. The summed E-state index contributed by atoms with van der Waals surface area (Å²) in [6, 6.07) is 10.1. The maximum absolute atomic E-state index is 12.5. The van der Waals surface area contributed by atoms with Crippen molar-refractivity contribution in [3.8, 4) is 0 Å². The van der Waals surface area contributed by atoms with Crippen LogP contribution < -0.4 is 5.32 Å². The van der Waals surface area contributed by atoms with Gasteiger partial charge < -0.3 is 5.32 Å². The number of alkyl halides is 2. The Morgan fingerprint density at radius 2 is 2.06 bits per heavy atom. The lowest BCUT2D eigenvalue weighted by Crippen LogP contribution is -2.47. The van der Waals surface area contributed by atoms with Gasteiger partial charge >= 0.3 is 0 Å². The summed E-state index contributed by atoms with van der Waals surface area (Å²) in [5.74, 6) is 0. The van der Waals surface area contributed by atoms with Crippen LogP contribution in [-0.4, -0.2) is 37.5 Å². The predicted molar refractivity (Wildman–Crippen MR) is 68.9 cm³/mol. The zero-order valence-electron chi connectivity index (χ0n) is 10.7. The second kappa shape index (κ2) is 5.76. The van der Waals surface area contributed by atoms with Crippen LogP contribution in [0.2, 0.25) is 0 Å². The SMILES string of the molecule is CC1(c2ccccc2)CN(CC(F)F)CCCN1. The van der Waals surface area contributed by atoms with E-state index >= 15 is 0 Å². The van der Waals surface area contributed by atoms with Crippen molar-refractivity contribution < 1.29 is 8.78 Å². The maximum Gasteiger partial charge on any atom is 0.251 e. The lowest BCUT2D eigenvalue weighted by atomic mass is 9.91. The van der Waals surface area contributed by atoms with Gasteiger partial charge in [0.1, 0.15) is 0 Å². The number of hydrogen-bond donors (Lipinski definition) is 1. The molecule has 1 aliphatic rings. The van der Waals surface area contributed by atoms with Crippen LogP contribution in [0.5, 0.6) is 0 Å². The van der Waals surface area contributed by atoms with Crippen molar-refractivity contribution in [1.29, 1.82) is 0 Å². The number of rotatable bonds is 3. The monoisotopic (exact) mass is 254 g/mol. The van der Waals surface area contributed by atoms with Gasteiger partial charge in [0.25, 0.3) is 6.43 Å². The number of nitrogens with one attached hydrogen (secondary N) is 1. The van der Waals surface area contributed by atoms with Crippen LogP contribution in [0.15, 0.2) is 30.3 Å². The Kier molecular flexibility index (Phi) is 4.30. The molecule has 2 nitrogen and oxygen atoms in total. The molecule has 2 rings (SSSR count). The predicted octanol–water partition coefficient (Wildman–Crippen LogP) is 2.46. The summed E-state index contributed by atoms with van der Waals surface area (Å²) in [6.45, 7) is 4.18. The zero-order chi connectivity index (χ0) is 13.0. The largest absolute Gasteiger partial charge is 0.307 e. The molecule has 1 atom stereocenters. The highest BCUT2D eigenvalue weighted by Crippen LogP contribution is 2.24. The van der Waals surface area contributed by atoms with E-state index in [1.165, 1.54) is 0 Å². The van der Waals surface area contributed by atoms with Crippen molar-refractivity contribution in [3.63, 3.8) is 0 Å². The average Bonchev–Trinajstić information content (AvgIpc) is 2.52. The smallest absolute Gasteiger partial charge is 0.251 e. The molecule has 4 heteroatoms. The molecule has 18 heavy (non-hydrogen) atoms. The Labute approximate surface area is 107 Å². The van der Waals surface area contributed by atoms with E-state index in [2.05, 4.69) is 24.4 Å². The van der Waals surface area contributed by atoms with Gasteiger partial charge in [-0.25, -0.2) is 8.78 Å². The summed E-state index contributed by atoms with van der Waals surface area (Å²) in [5, 5.41) is 3.49. The third-order valence-electron chi connectivity index (χ3n) is 3.51. The summed E-state index contributed by atoms with van der Waals surface area (Å²) in [6.07, 6.45) is -1.35. The van der Waals surface area contributed by atoms with Gasteiger partial charge in [-0.1, -0.05) is 30.3 Å². The molecule has 0 bridgehead atoms. The summed E-state index contributed by atoms with van der Waals surface area (Å²) in [5.41, 5.74) is 0.915. The third-order valence-corrected chi connectivity index (χ3v) is 3.51. The van der Waals surface area contributed by atoms with E-state index in [0.29, 0.717) is 6.54 Å². The molecule has 0 aromatic heterocycles. The molecule has 1 fully saturated rings. The minimum atomic E-state index is -2.26. The summed E-state index contributed by atoms with van der Waals surface area (Å²) < 4.78 is 25.1. The maximum atomic E-state index is 12.5. The summed E-state index contributed by atoms with van der Waals surface area (Å²) >= 11 is 0. The van der Waals surface area contributed by atoms with Crippen molar-refractivity contribution in [2.75, 3.05) is 26.2 Å². The van der Waals surface area contributed by atoms with Gasteiger partial charge in [0.05, 0.1) is 12.1 Å². The van der Waals surface area contributed by atoms with Gasteiger partial charge in [-0.05, 0) is 32.0 Å².